The zero-order valence-corrected chi connectivity index (χ0v) is 29.3. The fourth-order valence-corrected chi connectivity index (χ4v) is 11.9. The highest BCUT2D eigenvalue weighted by Crippen LogP contribution is 2.91. The first-order valence-electron chi connectivity index (χ1n) is 17.7. The summed E-state index contributed by atoms with van der Waals surface area (Å²) in [5.41, 5.74) is 3.65. The van der Waals surface area contributed by atoms with Gasteiger partial charge in [-0.05, 0) is 127 Å². The van der Waals surface area contributed by atoms with Crippen LogP contribution in [0.3, 0.4) is 0 Å². The summed E-state index contributed by atoms with van der Waals surface area (Å²) in [7, 11) is 0. The number of rotatable bonds is 5. The Bertz CT molecular complexity index is 810. The van der Waals surface area contributed by atoms with E-state index in [1.807, 2.05) is 41.5 Å². The van der Waals surface area contributed by atoms with Gasteiger partial charge in [0.15, 0.2) is 0 Å². The van der Waals surface area contributed by atoms with Crippen molar-refractivity contribution in [3.8, 4) is 0 Å². The van der Waals surface area contributed by atoms with Crippen LogP contribution in [-0.2, 0) is 0 Å². The van der Waals surface area contributed by atoms with Crippen LogP contribution in [0.5, 0.6) is 0 Å². The Labute approximate surface area is 246 Å². The molecule has 0 aliphatic heterocycles. The van der Waals surface area contributed by atoms with Crippen LogP contribution in [0.25, 0.3) is 0 Å². The zero-order chi connectivity index (χ0) is 30.2. The average molecular weight is 545 g/mol. The Morgan fingerprint density at radius 1 is 0.744 bits per heavy atom. The molecule has 230 valence electrons. The van der Waals surface area contributed by atoms with Crippen LogP contribution in [0.1, 0.15) is 161 Å². The molecule has 10 atom stereocenters. The first-order valence-corrected chi connectivity index (χ1v) is 17.7. The molecule has 0 heterocycles. The summed E-state index contributed by atoms with van der Waals surface area (Å²) in [5.74, 6) is 4.81. The maximum Gasteiger partial charge on any atom is 0.0594 e. The van der Waals surface area contributed by atoms with Gasteiger partial charge >= 0.3 is 0 Å². The van der Waals surface area contributed by atoms with Gasteiger partial charge in [-0.1, -0.05) is 109 Å². The molecular formula is C38H72O. The average Bonchev–Trinajstić information content (AvgIpc) is 3.33. The van der Waals surface area contributed by atoms with Gasteiger partial charge in [0.2, 0.25) is 0 Å². The predicted octanol–water partition coefficient (Wildman–Crippen LogP) is 11.7. The highest BCUT2D eigenvalue weighted by Gasteiger charge is 2.85. The van der Waals surface area contributed by atoms with Crippen LogP contribution in [0.15, 0.2) is 12.2 Å². The Morgan fingerprint density at radius 2 is 1.28 bits per heavy atom. The maximum atomic E-state index is 10.9. The molecule has 0 aromatic rings. The molecule has 1 nitrogen and oxygen atoms in total. The van der Waals surface area contributed by atoms with Crippen molar-refractivity contribution < 1.29 is 5.11 Å². The summed E-state index contributed by atoms with van der Waals surface area (Å²) < 4.78 is 0. The van der Waals surface area contributed by atoms with Crippen molar-refractivity contribution in [3.63, 3.8) is 0 Å². The lowest BCUT2D eigenvalue weighted by atomic mass is 9.41. The number of fused-ring (bicyclic) bond motifs is 2. The highest BCUT2D eigenvalue weighted by molar-refractivity contribution is 5.33. The smallest absolute Gasteiger partial charge is 0.0594 e. The summed E-state index contributed by atoms with van der Waals surface area (Å²) in [6.45, 7) is 36.5. The van der Waals surface area contributed by atoms with Crippen molar-refractivity contribution >= 4 is 0 Å². The lowest BCUT2D eigenvalue weighted by molar-refractivity contribution is -0.161. The second-order valence-corrected chi connectivity index (χ2v) is 15.2. The minimum absolute atomic E-state index is 0.0914. The fraction of sp³-hybridized carbons (Fsp3) is 0.947. The van der Waals surface area contributed by atoms with Gasteiger partial charge in [0.25, 0.3) is 0 Å². The topological polar surface area (TPSA) is 20.2 Å². The largest absolute Gasteiger partial charge is 0.393 e. The van der Waals surface area contributed by atoms with Crippen LogP contribution in [0, 0.1) is 62.6 Å². The van der Waals surface area contributed by atoms with E-state index in [0.29, 0.717) is 27.6 Å². The molecule has 1 heteroatoms. The number of hydrogen-bond acceptors (Lipinski definition) is 1. The minimum Gasteiger partial charge on any atom is -0.393 e. The van der Waals surface area contributed by atoms with Crippen LogP contribution in [-0.4, -0.2) is 11.2 Å². The van der Waals surface area contributed by atoms with Crippen LogP contribution < -0.4 is 0 Å². The van der Waals surface area contributed by atoms with E-state index in [1.165, 1.54) is 63.4 Å². The molecule has 5 fully saturated rings. The van der Waals surface area contributed by atoms with Crippen LogP contribution in [0.2, 0.25) is 0 Å². The first kappa shape index (κ1) is 34.9. The van der Waals surface area contributed by atoms with Gasteiger partial charge in [-0.25, -0.2) is 0 Å². The van der Waals surface area contributed by atoms with Crippen molar-refractivity contribution in [1.82, 2.24) is 0 Å². The molecule has 5 saturated carbocycles. The second-order valence-electron chi connectivity index (χ2n) is 15.2. The summed E-state index contributed by atoms with van der Waals surface area (Å²) in [5, 5.41) is 10.9. The molecule has 0 radical (unpaired) electrons. The third kappa shape index (κ3) is 4.74. The molecule has 5 aliphatic rings. The van der Waals surface area contributed by atoms with E-state index >= 15 is 0 Å². The van der Waals surface area contributed by atoms with E-state index in [4.69, 9.17) is 0 Å². The van der Waals surface area contributed by atoms with E-state index in [9.17, 15) is 5.11 Å². The summed E-state index contributed by atoms with van der Waals surface area (Å²) >= 11 is 0. The van der Waals surface area contributed by atoms with Gasteiger partial charge in [-0.2, -0.15) is 0 Å². The highest BCUT2D eigenvalue weighted by atomic mass is 16.3. The number of aliphatic hydroxyl groups is 1. The van der Waals surface area contributed by atoms with Crippen molar-refractivity contribution in [1.29, 1.82) is 0 Å². The molecule has 5 unspecified atom stereocenters. The quantitative estimate of drug-likeness (QED) is 0.341. The van der Waals surface area contributed by atoms with Crippen molar-refractivity contribution in [2.45, 2.75) is 167 Å². The van der Waals surface area contributed by atoms with E-state index in [-0.39, 0.29) is 11.5 Å². The number of hydrogen-bond donors (Lipinski definition) is 1. The summed E-state index contributed by atoms with van der Waals surface area (Å²) in [6, 6.07) is 0. The molecule has 1 N–H and O–H groups in total. The Hall–Kier alpha value is -0.300. The van der Waals surface area contributed by atoms with Crippen molar-refractivity contribution in [2.75, 3.05) is 0 Å². The first-order chi connectivity index (χ1) is 18.3. The Balaban J connectivity index is 0.000000833. The molecule has 39 heavy (non-hydrogen) atoms. The monoisotopic (exact) mass is 545 g/mol. The Morgan fingerprint density at radius 3 is 1.85 bits per heavy atom. The van der Waals surface area contributed by atoms with Gasteiger partial charge in [-0.3, -0.25) is 0 Å². The standard InChI is InChI=1S/C32H54O.3C2H6/c1-20(2)21(3)10-11-22(4)24-14-16-30(9)26-13-12-25-28(6,7)27(33)15-17-31(25)23(5)32(26,31)19-18-29(24,30)8;3*1-2/h20,22-27,33H,3,10-19H2,1-2,4-9H3;3*1-2H3/t22-,23-,24?,25?,26?,27?,29-,30+,31?,32+;;;/m1.../s1. The van der Waals surface area contributed by atoms with Gasteiger partial charge in [-0.15, -0.1) is 0 Å². The lowest BCUT2D eigenvalue weighted by Crippen LogP contribution is -2.57. The molecule has 5 rings (SSSR count). The normalized spacial score (nSPS) is 45.3. The molecule has 0 bridgehead atoms. The third-order valence-electron chi connectivity index (χ3n) is 14.3. The molecule has 5 aliphatic carbocycles. The SMILES string of the molecule is C=C(CC[C@@H](C)C1CC[C@@]2(C)C3CCC4C(C)(C)C(O)CCC45[C@@H](C)[C@@]35CC[C@]12C)C(C)C.CC.CC.CC. The van der Waals surface area contributed by atoms with Gasteiger partial charge in [0.1, 0.15) is 0 Å². The van der Waals surface area contributed by atoms with E-state index in [1.54, 1.807) is 0 Å². The molecule has 0 aromatic heterocycles. The van der Waals surface area contributed by atoms with Crippen LogP contribution in [0.4, 0.5) is 0 Å². The zero-order valence-electron chi connectivity index (χ0n) is 29.3. The van der Waals surface area contributed by atoms with E-state index in [0.717, 1.165) is 36.0 Å². The molecule has 0 saturated heterocycles. The number of allylic oxidation sites excluding steroid dienone is 1. The minimum atomic E-state index is -0.101. The molecule has 2 spiro atoms. The van der Waals surface area contributed by atoms with Crippen molar-refractivity contribution in [3.05, 3.63) is 12.2 Å². The second kappa shape index (κ2) is 12.5. The van der Waals surface area contributed by atoms with E-state index in [2.05, 4.69) is 62.0 Å². The van der Waals surface area contributed by atoms with Gasteiger partial charge < -0.3 is 5.11 Å². The summed E-state index contributed by atoms with van der Waals surface area (Å²) in [6.07, 6.45) is 13.4. The summed E-state index contributed by atoms with van der Waals surface area (Å²) in [4.78, 5) is 0. The fourth-order valence-electron chi connectivity index (χ4n) is 11.9. The van der Waals surface area contributed by atoms with Gasteiger partial charge in [0.05, 0.1) is 6.10 Å². The predicted molar refractivity (Wildman–Crippen MR) is 174 cm³/mol. The molecule has 0 amide bonds. The lowest BCUT2D eigenvalue weighted by Gasteiger charge is -2.63. The number of aliphatic hydroxyl groups excluding tert-OH is 1. The third-order valence-corrected chi connectivity index (χ3v) is 14.3. The van der Waals surface area contributed by atoms with Gasteiger partial charge in [0, 0.05) is 0 Å². The van der Waals surface area contributed by atoms with Crippen LogP contribution >= 0.6 is 0 Å². The maximum absolute atomic E-state index is 10.9. The molecule has 0 aromatic carbocycles. The van der Waals surface area contributed by atoms with Crippen molar-refractivity contribution in [2.24, 2.45) is 62.6 Å². The molecular weight excluding hydrogens is 472 g/mol. The van der Waals surface area contributed by atoms with E-state index < -0.39 is 0 Å². The Kier molecular flexibility index (Phi) is 11.2.